The quantitative estimate of drug-likeness (QED) is 0.144. The fourth-order valence-electron chi connectivity index (χ4n) is 9.67. The van der Waals surface area contributed by atoms with Crippen LogP contribution in [0.3, 0.4) is 0 Å². The van der Waals surface area contributed by atoms with E-state index < -0.39 is 0 Å². The second kappa shape index (κ2) is 48.4. The smallest absolute Gasteiger partial charge is 0.0540 e. The van der Waals surface area contributed by atoms with Gasteiger partial charge in [0, 0.05) is 21.1 Å². The summed E-state index contributed by atoms with van der Waals surface area (Å²) in [7, 11) is 0. The minimum Gasteiger partial charge on any atom is -0.393 e. The molecule has 0 aliphatic heterocycles. The van der Waals surface area contributed by atoms with Crippen LogP contribution in [0.1, 0.15) is 308 Å². The average Bonchev–Trinajstić information content (AvgIpc) is 3.67. The van der Waals surface area contributed by atoms with E-state index in [1.165, 1.54) is 231 Å². The molecule has 0 aromatic rings. The second-order valence-electron chi connectivity index (χ2n) is 20.1. The number of rotatable bonds is 0. The Morgan fingerprint density at radius 3 is 0.279 bits per heavy atom. The van der Waals surface area contributed by atoms with Crippen molar-refractivity contribution in [3.63, 3.8) is 0 Å². The Labute approximate surface area is 394 Å². The van der Waals surface area contributed by atoms with Gasteiger partial charge in [-0.15, -0.1) is 0 Å². The fourth-order valence-corrected chi connectivity index (χ4v) is 9.67. The maximum absolute atomic E-state index is 9.34. The Balaban J connectivity index is 0.000000706. The van der Waals surface area contributed by atoms with Crippen molar-refractivity contribution in [2.75, 3.05) is 0 Å². The summed E-state index contributed by atoms with van der Waals surface area (Å²) in [6.07, 6.45) is 60.0. The first kappa shape index (κ1) is 61.4. The molecule has 6 N–H and O–H groups in total. The molecule has 6 aliphatic carbocycles. The standard InChI is InChI=1S/6C9H18O.W/c6*10-9-7-5-3-1-2-4-6-8-9;/h6*9-10H,1-8H2;. The fraction of sp³-hybridized carbons (Fsp3) is 1.00. The van der Waals surface area contributed by atoms with Crippen LogP contribution < -0.4 is 0 Å². The van der Waals surface area contributed by atoms with Gasteiger partial charge in [-0.1, -0.05) is 231 Å². The zero-order chi connectivity index (χ0) is 43.4. The first-order valence-corrected chi connectivity index (χ1v) is 27.4. The molecule has 0 spiro atoms. The van der Waals surface area contributed by atoms with Gasteiger partial charge in [-0.2, -0.15) is 0 Å². The summed E-state index contributed by atoms with van der Waals surface area (Å²) in [5.41, 5.74) is 0. The van der Waals surface area contributed by atoms with E-state index >= 15 is 0 Å². The predicted molar refractivity (Wildman–Crippen MR) is 258 cm³/mol. The summed E-state index contributed by atoms with van der Waals surface area (Å²) < 4.78 is 0. The third kappa shape index (κ3) is 46.8. The molecule has 0 heterocycles. The summed E-state index contributed by atoms with van der Waals surface area (Å²) in [5, 5.41) is 56.0. The van der Waals surface area contributed by atoms with Gasteiger partial charge in [0.05, 0.1) is 36.6 Å². The van der Waals surface area contributed by atoms with Gasteiger partial charge in [0.15, 0.2) is 0 Å². The van der Waals surface area contributed by atoms with Gasteiger partial charge in [-0.25, -0.2) is 0 Å². The predicted octanol–water partition coefficient (Wildman–Crippen LogP) is 14.9. The first-order valence-electron chi connectivity index (χ1n) is 27.4. The molecule has 6 fully saturated rings. The molecule has 366 valence electrons. The second-order valence-corrected chi connectivity index (χ2v) is 20.1. The Bertz CT molecular complexity index is 603. The maximum Gasteiger partial charge on any atom is 0.0540 e. The van der Waals surface area contributed by atoms with Gasteiger partial charge in [-0.05, 0) is 77.0 Å². The Morgan fingerprint density at radius 2 is 0.197 bits per heavy atom. The van der Waals surface area contributed by atoms with E-state index in [-0.39, 0.29) is 57.7 Å². The van der Waals surface area contributed by atoms with Crippen molar-refractivity contribution in [1.29, 1.82) is 0 Å². The van der Waals surface area contributed by atoms with Crippen LogP contribution in [0.4, 0.5) is 0 Å². The minimum absolute atomic E-state index is 0. The van der Waals surface area contributed by atoms with E-state index in [0.717, 1.165) is 77.0 Å². The largest absolute Gasteiger partial charge is 0.393 e. The van der Waals surface area contributed by atoms with Crippen molar-refractivity contribution in [1.82, 2.24) is 0 Å². The molecule has 6 saturated carbocycles. The van der Waals surface area contributed by atoms with Crippen LogP contribution in [-0.4, -0.2) is 67.3 Å². The number of aliphatic hydroxyl groups is 6. The summed E-state index contributed by atoms with van der Waals surface area (Å²) in [4.78, 5) is 0. The molecule has 7 heteroatoms. The van der Waals surface area contributed by atoms with Crippen molar-refractivity contribution < 1.29 is 51.7 Å². The van der Waals surface area contributed by atoms with E-state index in [1.807, 2.05) is 0 Å². The van der Waals surface area contributed by atoms with Gasteiger partial charge in [0.2, 0.25) is 0 Å². The summed E-state index contributed by atoms with van der Waals surface area (Å²) in [6, 6.07) is 0. The third-order valence-corrected chi connectivity index (χ3v) is 13.9. The molecule has 6 nitrogen and oxygen atoms in total. The van der Waals surface area contributed by atoms with Crippen molar-refractivity contribution in [2.24, 2.45) is 0 Å². The van der Waals surface area contributed by atoms with Gasteiger partial charge in [-0.3, -0.25) is 0 Å². The van der Waals surface area contributed by atoms with Gasteiger partial charge < -0.3 is 30.6 Å². The Kier molecular flexibility index (Phi) is 48.7. The van der Waals surface area contributed by atoms with Crippen molar-refractivity contribution in [3.05, 3.63) is 0 Å². The van der Waals surface area contributed by atoms with Crippen molar-refractivity contribution >= 4 is 0 Å². The summed E-state index contributed by atoms with van der Waals surface area (Å²) in [5.74, 6) is 0. The van der Waals surface area contributed by atoms with E-state index in [2.05, 4.69) is 0 Å². The SMILES string of the molecule is OC1CCCCCCCC1.OC1CCCCCCCC1.OC1CCCCCCCC1.OC1CCCCCCCC1.OC1CCCCCCCC1.OC1CCCCCCCC1.[W]. The van der Waals surface area contributed by atoms with Crippen LogP contribution in [0.5, 0.6) is 0 Å². The third-order valence-electron chi connectivity index (χ3n) is 13.9. The van der Waals surface area contributed by atoms with Crippen LogP contribution in [-0.2, 0) is 21.1 Å². The zero-order valence-electron chi connectivity index (χ0n) is 40.5. The monoisotopic (exact) mass is 1040 g/mol. The number of aliphatic hydroxyl groups excluding tert-OH is 6. The minimum atomic E-state index is 0. The molecule has 0 atom stereocenters. The molecule has 6 rings (SSSR count). The molecular formula is C54H108O6W. The van der Waals surface area contributed by atoms with Crippen molar-refractivity contribution in [3.8, 4) is 0 Å². The summed E-state index contributed by atoms with van der Waals surface area (Å²) in [6.45, 7) is 0. The molecule has 0 aromatic carbocycles. The average molecular weight is 1040 g/mol. The van der Waals surface area contributed by atoms with Crippen LogP contribution >= 0.6 is 0 Å². The van der Waals surface area contributed by atoms with Crippen LogP contribution in [0.25, 0.3) is 0 Å². The van der Waals surface area contributed by atoms with Crippen LogP contribution in [0.2, 0.25) is 0 Å². The maximum atomic E-state index is 9.34. The van der Waals surface area contributed by atoms with E-state index in [1.54, 1.807) is 0 Å². The Hall–Kier alpha value is 0.448. The molecule has 61 heavy (non-hydrogen) atoms. The molecule has 0 bridgehead atoms. The van der Waals surface area contributed by atoms with Crippen LogP contribution in [0, 0.1) is 0 Å². The molecule has 0 saturated heterocycles. The Morgan fingerprint density at radius 1 is 0.131 bits per heavy atom. The van der Waals surface area contributed by atoms with Gasteiger partial charge in [0.25, 0.3) is 0 Å². The number of hydrogen-bond acceptors (Lipinski definition) is 6. The molecular weight excluding hydrogens is 928 g/mol. The first-order chi connectivity index (χ1) is 29.4. The van der Waals surface area contributed by atoms with Crippen LogP contribution in [0.15, 0.2) is 0 Å². The van der Waals surface area contributed by atoms with E-state index in [0.29, 0.717) is 0 Å². The van der Waals surface area contributed by atoms with Gasteiger partial charge >= 0.3 is 0 Å². The topological polar surface area (TPSA) is 121 Å². The van der Waals surface area contributed by atoms with E-state index in [4.69, 9.17) is 0 Å². The summed E-state index contributed by atoms with van der Waals surface area (Å²) >= 11 is 0. The van der Waals surface area contributed by atoms with Gasteiger partial charge in [0.1, 0.15) is 0 Å². The van der Waals surface area contributed by atoms with E-state index in [9.17, 15) is 30.6 Å². The molecule has 0 radical (unpaired) electrons. The molecule has 0 amide bonds. The molecule has 0 aromatic heterocycles. The number of hydrogen-bond donors (Lipinski definition) is 6. The molecule has 6 aliphatic rings. The molecule has 0 unspecified atom stereocenters. The zero-order valence-corrected chi connectivity index (χ0v) is 43.4. The van der Waals surface area contributed by atoms with Crippen molar-refractivity contribution in [2.45, 2.75) is 345 Å². The normalized spacial score (nSPS) is 24.5.